The van der Waals surface area contributed by atoms with Gasteiger partial charge in [-0.3, -0.25) is 9.78 Å². The van der Waals surface area contributed by atoms with Crippen LogP contribution in [-0.4, -0.2) is 45.6 Å². The van der Waals surface area contributed by atoms with Crippen LogP contribution in [0.1, 0.15) is 63.2 Å². The van der Waals surface area contributed by atoms with Gasteiger partial charge in [0.05, 0.1) is 0 Å². The molecule has 1 aliphatic heterocycles. The van der Waals surface area contributed by atoms with E-state index in [9.17, 15) is 4.79 Å². The van der Waals surface area contributed by atoms with Gasteiger partial charge in [-0.15, -0.1) is 0 Å². The van der Waals surface area contributed by atoms with Crippen molar-refractivity contribution in [2.75, 3.05) is 19.6 Å². The van der Waals surface area contributed by atoms with Gasteiger partial charge in [0.2, 0.25) is 17.6 Å². The number of likely N-dealkylation sites (tertiary alicyclic amines) is 1. The van der Waals surface area contributed by atoms with Crippen molar-refractivity contribution >= 4 is 5.91 Å². The first-order valence-corrected chi connectivity index (χ1v) is 10.4. The molecule has 2 aromatic heterocycles. The quantitative estimate of drug-likeness (QED) is 0.852. The fourth-order valence-electron chi connectivity index (χ4n) is 4.56. The zero-order chi connectivity index (χ0) is 19.4. The molecule has 2 aromatic rings. The first-order valence-electron chi connectivity index (χ1n) is 10.4. The van der Waals surface area contributed by atoms with E-state index in [1.165, 1.54) is 19.3 Å². The summed E-state index contributed by atoms with van der Waals surface area (Å²) < 4.78 is 5.49. The second kappa shape index (κ2) is 8.39. The van der Waals surface area contributed by atoms with Crippen LogP contribution in [0.15, 0.2) is 28.9 Å². The molecule has 1 aliphatic carbocycles. The highest BCUT2D eigenvalue weighted by Crippen LogP contribution is 2.39. The highest BCUT2D eigenvalue weighted by molar-refractivity contribution is 5.77. The van der Waals surface area contributed by atoms with Crippen LogP contribution in [0.5, 0.6) is 0 Å². The van der Waals surface area contributed by atoms with Gasteiger partial charge in [0.15, 0.2) is 0 Å². The van der Waals surface area contributed by atoms with E-state index in [4.69, 9.17) is 10.3 Å². The SMILES string of the molecule is NCC1(CC(=O)N2CCC(c3nc(-c4ccccn4)no3)CC2)CCCCC1. The average molecular weight is 383 g/mol. The van der Waals surface area contributed by atoms with Gasteiger partial charge < -0.3 is 15.2 Å². The van der Waals surface area contributed by atoms with Crippen molar-refractivity contribution in [3.05, 3.63) is 30.3 Å². The molecule has 0 bridgehead atoms. The number of hydrogen-bond acceptors (Lipinski definition) is 6. The van der Waals surface area contributed by atoms with E-state index in [-0.39, 0.29) is 17.2 Å². The molecule has 0 unspecified atom stereocenters. The molecule has 1 saturated heterocycles. The molecule has 2 aliphatic rings. The van der Waals surface area contributed by atoms with Crippen LogP contribution < -0.4 is 5.73 Å². The standard InChI is InChI=1S/C21H29N5O2/c22-15-21(9-3-1-4-10-21)14-18(27)26-12-7-16(8-13-26)20-24-19(25-28-20)17-6-2-5-11-23-17/h2,5-6,11,16H,1,3-4,7-10,12-15,22H2. The first-order chi connectivity index (χ1) is 13.7. The van der Waals surface area contributed by atoms with Gasteiger partial charge >= 0.3 is 0 Å². The molecule has 4 rings (SSSR count). The van der Waals surface area contributed by atoms with Crippen molar-refractivity contribution in [3.8, 4) is 11.5 Å². The Kier molecular flexibility index (Phi) is 5.71. The number of nitrogens with two attached hydrogens (primary N) is 1. The number of hydrogen-bond donors (Lipinski definition) is 1. The average Bonchev–Trinajstić information content (AvgIpc) is 3.25. The molecule has 7 heteroatoms. The van der Waals surface area contributed by atoms with Crippen LogP contribution in [0.25, 0.3) is 11.5 Å². The fourth-order valence-corrected chi connectivity index (χ4v) is 4.56. The molecule has 2 N–H and O–H groups in total. The van der Waals surface area contributed by atoms with E-state index in [1.54, 1.807) is 6.20 Å². The second-order valence-electron chi connectivity index (χ2n) is 8.27. The molecule has 3 heterocycles. The molecular formula is C21H29N5O2. The summed E-state index contributed by atoms with van der Waals surface area (Å²) in [4.78, 5) is 23.7. The van der Waals surface area contributed by atoms with Crippen molar-refractivity contribution in [2.45, 2.75) is 57.3 Å². The Morgan fingerprint density at radius 3 is 2.68 bits per heavy atom. The summed E-state index contributed by atoms with van der Waals surface area (Å²) in [5.74, 6) is 1.63. The smallest absolute Gasteiger partial charge is 0.230 e. The number of pyridine rings is 1. The van der Waals surface area contributed by atoms with Crippen molar-refractivity contribution < 1.29 is 9.32 Å². The Morgan fingerprint density at radius 1 is 1.21 bits per heavy atom. The Morgan fingerprint density at radius 2 is 2.00 bits per heavy atom. The molecule has 0 spiro atoms. The third kappa shape index (κ3) is 4.09. The van der Waals surface area contributed by atoms with E-state index in [0.29, 0.717) is 30.4 Å². The van der Waals surface area contributed by atoms with Gasteiger partial charge in [-0.05, 0) is 49.8 Å². The Balaban J connectivity index is 1.33. The minimum atomic E-state index is 0.0241. The number of nitrogens with zero attached hydrogens (tertiary/aromatic N) is 4. The van der Waals surface area contributed by atoms with Crippen LogP contribution in [-0.2, 0) is 4.79 Å². The minimum Gasteiger partial charge on any atom is -0.343 e. The maximum absolute atomic E-state index is 12.9. The molecular weight excluding hydrogens is 354 g/mol. The lowest BCUT2D eigenvalue weighted by molar-refractivity contribution is -0.135. The zero-order valence-electron chi connectivity index (χ0n) is 16.3. The van der Waals surface area contributed by atoms with E-state index in [2.05, 4.69) is 15.1 Å². The topological polar surface area (TPSA) is 98.1 Å². The third-order valence-corrected chi connectivity index (χ3v) is 6.41. The summed E-state index contributed by atoms with van der Waals surface area (Å²) in [6.45, 7) is 2.10. The Bertz CT molecular complexity index is 777. The second-order valence-corrected chi connectivity index (χ2v) is 8.27. The van der Waals surface area contributed by atoms with Gasteiger partial charge in [0.1, 0.15) is 5.69 Å². The van der Waals surface area contributed by atoms with Gasteiger partial charge in [-0.25, -0.2) is 0 Å². The van der Waals surface area contributed by atoms with E-state index in [0.717, 1.165) is 38.8 Å². The summed E-state index contributed by atoms with van der Waals surface area (Å²) in [7, 11) is 0. The van der Waals surface area contributed by atoms with Gasteiger partial charge in [-0.1, -0.05) is 30.5 Å². The van der Waals surface area contributed by atoms with Gasteiger partial charge in [0.25, 0.3) is 0 Å². The number of aromatic nitrogens is 3. The molecule has 0 atom stereocenters. The number of piperidine rings is 1. The predicted octanol–water partition coefficient (Wildman–Crippen LogP) is 3.14. The van der Waals surface area contributed by atoms with Gasteiger partial charge in [0, 0.05) is 31.6 Å². The number of amides is 1. The number of carbonyl (C=O) groups excluding carboxylic acids is 1. The molecule has 150 valence electrons. The summed E-state index contributed by atoms with van der Waals surface area (Å²) in [6.07, 6.45) is 9.86. The largest absolute Gasteiger partial charge is 0.343 e. The molecule has 1 amide bonds. The third-order valence-electron chi connectivity index (χ3n) is 6.41. The lowest BCUT2D eigenvalue weighted by atomic mass is 9.71. The molecule has 2 fully saturated rings. The van der Waals surface area contributed by atoms with Gasteiger partial charge in [-0.2, -0.15) is 4.98 Å². The van der Waals surface area contributed by atoms with Crippen LogP contribution in [0.2, 0.25) is 0 Å². The van der Waals surface area contributed by atoms with Crippen molar-refractivity contribution in [2.24, 2.45) is 11.1 Å². The monoisotopic (exact) mass is 383 g/mol. The normalized spacial score (nSPS) is 20.2. The van der Waals surface area contributed by atoms with E-state index in [1.807, 2.05) is 23.1 Å². The summed E-state index contributed by atoms with van der Waals surface area (Å²) >= 11 is 0. The molecule has 7 nitrogen and oxygen atoms in total. The maximum atomic E-state index is 12.9. The van der Waals surface area contributed by atoms with Crippen molar-refractivity contribution in [3.63, 3.8) is 0 Å². The van der Waals surface area contributed by atoms with Crippen LogP contribution in [0.3, 0.4) is 0 Å². The summed E-state index contributed by atoms with van der Waals surface area (Å²) in [5.41, 5.74) is 6.80. The van der Waals surface area contributed by atoms with Crippen LogP contribution >= 0.6 is 0 Å². The summed E-state index contributed by atoms with van der Waals surface area (Å²) in [6, 6.07) is 5.64. The number of carbonyl (C=O) groups is 1. The highest BCUT2D eigenvalue weighted by atomic mass is 16.5. The summed E-state index contributed by atoms with van der Waals surface area (Å²) in [5, 5.41) is 4.07. The predicted molar refractivity (Wildman–Crippen MR) is 105 cm³/mol. The first kappa shape index (κ1) is 19.1. The lowest BCUT2D eigenvalue weighted by Gasteiger charge is -2.38. The van der Waals surface area contributed by atoms with E-state index >= 15 is 0 Å². The fraction of sp³-hybridized carbons (Fsp3) is 0.619. The van der Waals surface area contributed by atoms with Crippen LogP contribution in [0, 0.1) is 5.41 Å². The van der Waals surface area contributed by atoms with Crippen molar-refractivity contribution in [1.82, 2.24) is 20.0 Å². The number of rotatable bonds is 5. The van der Waals surface area contributed by atoms with Crippen molar-refractivity contribution in [1.29, 1.82) is 0 Å². The maximum Gasteiger partial charge on any atom is 0.230 e. The Hall–Kier alpha value is -2.28. The lowest BCUT2D eigenvalue weighted by Crippen LogP contribution is -2.43. The molecule has 1 saturated carbocycles. The molecule has 0 radical (unpaired) electrons. The van der Waals surface area contributed by atoms with E-state index < -0.39 is 0 Å². The minimum absolute atomic E-state index is 0.0241. The van der Waals surface area contributed by atoms with Crippen LogP contribution in [0.4, 0.5) is 0 Å². The molecule has 0 aromatic carbocycles. The molecule has 28 heavy (non-hydrogen) atoms. The zero-order valence-corrected chi connectivity index (χ0v) is 16.3. The highest BCUT2D eigenvalue weighted by Gasteiger charge is 2.36. The Labute approximate surface area is 165 Å².